The first-order valence-corrected chi connectivity index (χ1v) is 8.98. The lowest BCUT2D eigenvalue weighted by Crippen LogP contribution is -2.18. The molecule has 0 aromatic heterocycles. The molecule has 1 aliphatic heterocycles. The Kier molecular flexibility index (Phi) is 4.87. The molecule has 0 fully saturated rings. The van der Waals surface area contributed by atoms with Gasteiger partial charge in [0.25, 0.3) is 5.12 Å². The summed E-state index contributed by atoms with van der Waals surface area (Å²) in [6.45, 7) is 2.07. The number of thioether (sulfide) groups is 1. The highest BCUT2D eigenvalue weighted by Gasteiger charge is 2.28. The quantitative estimate of drug-likeness (QED) is 0.793. The predicted molar refractivity (Wildman–Crippen MR) is 95.4 cm³/mol. The summed E-state index contributed by atoms with van der Waals surface area (Å²) in [5.74, 6) is 0.672. The summed E-state index contributed by atoms with van der Waals surface area (Å²) in [5, 5.41) is -0.0108. The summed E-state index contributed by atoms with van der Waals surface area (Å²) < 4.78 is 6.02. The Bertz CT molecular complexity index is 721. The Labute approximate surface area is 141 Å². The fourth-order valence-corrected chi connectivity index (χ4v) is 3.26. The summed E-state index contributed by atoms with van der Waals surface area (Å²) in [6.07, 6.45) is 4.52. The molecule has 2 atom stereocenters. The summed E-state index contributed by atoms with van der Waals surface area (Å²) >= 11 is 1.20. The highest BCUT2D eigenvalue weighted by molar-refractivity contribution is 8.13. The number of ether oxygens (including phenoxy) is 1. The van der Waals surface area contributed by atoms with Crippen LogP contribution in [0.4, 0.5) is 0 Å². The van der Waals surface area contributed by atoms with Crippen LogP contribution >= 0.6 is 11.8 Å². The monoisotopic (exact) mass is 324 g/mol. The lowest BCUT2D eigenvalue weighted by Gasteiger charge is -2.29. The van der Waals surface area contributed by atoms with Gasteiger partial charge < -0.3 is 4.74 Å². The van der Waals surface area contributed by atoms with Crippen molar-refractivity contribution in [1.29, 1.82) is 0 Å². The second-order valence-corrected chi connectivity index (χ2v) is 6.58. The van der Waals surface area contributed by atoms with Crippen LogP contribution in [-0.4, -0.2) is 11.4 Å². The Morgan fingerprint density at radius 2 is 1.83 bits per heavy atom. The van der Waals surface area contributed by atoms with Crippen LogP contribution in [0.1, 0.15) is 35.1 Å². The molecule has 0 aliphatic carbocycles. The number of aryl methyl sites for hydroxylation is 1. The zero-order chi connectivity index (χ0) is 16.2. The van der Waals surface area contributed by atoms with Gasteiger partial charge in [-0.05, 0) is 36.8 Å². The van der Waals surface area contributed by atoms with E-state index in [-0.39, 0.29) is 17.1 Å². The van der Waals surface area contributed by atoms with Gasteiger partial charge in [0, 0.05) is 5.92 Å². The molecule has 1 heterocycles. The van der Waals surface area contributed by atoms with Crippen molar-refractivity contribution < 1.29 is 9.53 Å². The van der Waals surface area contributed by atoms with Crippen LogP contribution in [0.5, 0.6) is 0 Å². The second-order valence-electron chi connectivity index (χ2n) is 5.80. The predicted octanol–water partition coefficient (Wildman–Crippen LogP) is 5.01. The van der Waals surface area contributed by atoms with Gasteiger partial charge in [-0.25, -0.2) is 0 Å². The zero-order valence-electron chi connectivity index (χ0n) is 13.4. The molecular weight excluding hydrogens is 304 g/mol. The Morgan fingerprint density at radius 1 is 1.09 bits per heavy atom. The molecule has 118 valence electrons. The summed E-state index contributed by atoms with van der Waals surface area (Å²) in [4.78, 5) is 12.2. The number of allylic oxidation sites excluding steroid dienone is 1. The fourth-order valence-electron chi connectivity index (χ4n) is 2.95. The van der Waals surface area contributed by atoms with Crippen LogP contribution in [0.25, 0.3) is 0 Å². The molecule has 0 amide bonds. The van der Waals surface area contributed by atoms with Gasteiger partial charge in [-0.1, -0.05) is 71.9 Å². The number of hydrogen-bond donors (Lipinski definition) is 0. The minimum Gasteiger partial charge on any atom is -0.481 e. The van der Waals surface area contributed by atoms with Crippen molar-refractivity contribution in [1.82, 2.24) is 0 Å². The van der Waals surface area contributed by atoms with Crippen LogP contribution in [0, 0.1) is 6.92 Å². The van der Waals surface area contributed by atoms with Crippen molar-refractivity contribution in [2.75, 3.05) is 6.26 Å². The van der Waals surface area contributed by atoms with Crippen LogP contribution in [-0.2, 0) is 9.53 Å². The highest BCUT2D eigenvalue weighted by Crippen LogP contribution is 2.39. The van der Waals surface area contributed by atoms with Crippen molar-refractivity contribution >= 4 is 16.9 Å². The molecule has 2 nitrogen and oxygen atoms in total. The van der Waals surface area contributed by atoms with Gasteiger partial charge in [0.05, 0.1) is 0 Å². The lowest BCUT2D eigenvalue weighted by atomic mass is 9.88. The molecule has 3 heteroatoms. The fraction of sp³-hybridized carbons (Fsp3) is 0.250. The second kappa shape index (κ2) is 7.05. The summed E-state index contributed by atoms with van der Waals surface area (Å²) in [6, 6.07) is 18.6. The number of hydrogen-bond acceptors (Lipinski definition) is 3. The van der Waals surface area contributed by atoms with Gasteiger partial charge in [-0.3, -0.25) is 4.79 Å². The van der Waals surface area contributed by atoms with E-state index in [1.165, 1.54) is 22.9 Å². The van der Waals surface area contributed by atoms with Crippen molar-refractivity contribution in [2.45, 2.75) is 25.4 Å². The first-order chi connectivity index (χ1) is 11.2. The molecule has 1 aliphatic rings. The SMILES string of the molecule is CSC(=O)C1=C[C@@H](c2ccccc2)C[C@@H](c2cccc(C)c2)O1. The van der Waals surface area contributed by atoms with E-state index in [0.717, 1.165) is 12.0 Å². The third-order valence-corrected chi connectivity index (χ3v) is 4.69. The van der Waals surface area contributed by atoms with Crippen molar-refractivity contribution in [2.24, 2.45) is 0 Å². The van der Waals surface area contributed by atoms with Gasteiger partial charge in [-0.15, -0.1) is 0 Å². The molecule has 2 aromatic carbocycles. The molecule has 0 spiro atoms. The standard InChI is InChI=1S/C20H20O2S/c1-14-7-6-10-16(11-14)18-12-17(15-8-4-3-5-9-15)13-19(22-18)20(21)23-2/h3-11,13,17-18H,12H2,1-2H3/t17-,18-/m0/s1. The third-order valence-electron chi connectivity index (χ3n) is 4.12. The maximum absolute atomic E-state index is 12.2. The summed E-state index contributed by atoms with van der Waals surface area (Å²) in [5.41, 5.74) is 3.56. The van der Waals surface area contributed by atoms with Gasteiger partial charge in [-0.2, -0.15) is 0 Å². The smallest absolute Gasteiger partial charge is 0.253 e. The highest BCUT2D eigenvalue weighted by atomic mass is 32.2. The first-order valence-electron chi connectivity index (χ1n) is 7.75. The van der Waals surface area contributed by atoms with E-state index in [2.05, 4.69) is 37.3 Å². The molecule has 0 N–H and O–H groups in total. The summed E-state index contributed by atoms with van der Waals surface area (Å²) in [7, 11) is 0. The van der Waals surface area contributed by atoms with E-state index >= 15 is 0 Å². The molecule has 0 saturated heterocycles. The maximum Gasteiger partial charge on any atom is 0.253 e. The number of carbonyl (C=O) groups excluding carboxylic acids is 1. The van der Waals surface area contributed by atoms with E-state index in [9.17, 15) is 4.79 Å². The Balaban J connectivity index is 1.95. The van der Waals surface area contributed by atoms with Crippen molar-refractivity contribution in [3.05, 3.63) is 83.1 Å². The average molecular weight is 324 g/mol. The molecule has 23 heavy (non-hydrogen) atoms. The minimum absolute atomic E-state index is 0.0108. The number of rotatable bonds is 3. The molecule has 0 radical (unpaired) electrons. The first kappa shape index (κ1) is 15.9. The molecule has 0 bridgehead atoms. The largest absolute Gasteiger partial charge is 0.481 e. The number of benzene rings is 2. The van der Waals surface area contributed by atoms with Crippen molar-refractivity contribution in [3.63, 3.8) is 0 Å². The topological polar surface area (TPSA) is 26.3 Å². The molecule has 3 rings (SSSR count). The normalized spacial score (nSPS) is 20.5. The molecule has 0 saturated carbocycles. The molecule has 0 unspecified atom stereocenters. The van der Waals surface area contributed by atoms with Crippen LogP contribution in [0.3, 0.4) is 0 Å². The average Bonchev–Trinajstić information content (AvgIpc) is 2.61. The van der Waals surface area contributed by atoms with Gasteiger partial charge in [0.2, 0.25) is 0 Å². The van der Waals surface area contributed by atoms with Gasteiger partial charge >= 0.3 is 0 Å². The molecule has 2 aromatic rings. The Hall–Kier alpha value is -2.00. The minimum atomic E-state index is -0.0868. The van der Waals surface area contributed by atoms with E-state index in [4.69, 9.17) is 4.74 Å². The lowest BCUT2D eigenvalue weighted by molar-refractivity contribution is -0.112. The van der Waals surface area contributed by atoms with Gasteiger partial charge in [0.1, 0.15) is 6.10 Å². The van der Waals surface area contributed by atoms with Crippen LogP contribution < -0.4 is 0 Å². The third kappa shape index (κ3) is 3.67. The van der Waals surface area contributed by atoms with E-state index < -0.39 is 0 Å². The zero-order valence-corrected chi connectivity index (χ0v) is 14.2. The van der Waals surface area contributed by atoms with Gasteiger partial charge in [0.15, 0.2) is 5.76 Å². The van der Waals surface area contributed by atoms with Crippen LogP contribution in [0.2, 0.25) is 0 Å². The molecular formula is C20H20O2S. The van der Waals surface area contributed by atoms with Crippen molar-refractivity contribution in [3.8, 4) is 0 Å². The van der Waals surface area contributed by atoms with Crippen LogP contribution in [0.15, 0.2) is 66.4 Å². The maximum atomic E-state index is 12.2. The van der Waals surface area contributed by atoms with E-state index in [1.54, 1.807) is 6.26 Å². The Morgan fingerprint density at radius 3 is 2.52 bits per heavy atom. The van der Waals surface area contributed by atoms with E-state index in [0.29, 0.717) is 5.76 Å². The van der Waals surface area contributed by atoms with E-state index in [1.807, 2.05) is 30.3 Å². The number of carbonyl (C=O) groups is 1.